The molecule has 1 aromatic heterocycles. The van der Waals surface area contributed by atoms with E-state index in [1.807, 2.05) is 30.3 Å². The zero-order chi connectivity index (χ0) is 14.2. The second-order valence-electron chi connectivity index (χ2n) is 4.57. The maximum absolute atomic E-state index is 5.84. The fourth-order valence-corrected chi connectivity index (χ4v) is 2.23. The average Bonchev–Trinajstić information content (AvgIpc) is 2.48. The van der Waals surface area contributed by atoms with Crippen molar-refractivity contribution >= 4 is 15.9 Å². The third-order valence-electron chi connectivity index (χ3n) is 2.85. The first kappa shape index (κ1) is 15.0. The minimum absolute atomic E-state index is 0.538. The van der Waals surface area contributed by atoms with Crippen molar-refractivity contribution in [1.82, 2.24) is 10.3 Å². The highest BCUT2D eigenvalue weighted by molar-refractivity contribution is 9.10. The van der Waals surface area contributed by atoms with Gasteiger partial charge in [0, 0.05) is 22.8 Å². The molecule has 0 fully saturated rings. The number of benzene rings is 1. The van der Waals surface area contributed by atoms with E-state index < -0.39 is 0 Å². The van der Waals surface area contributed by atoms with Crippen molar-refractivity contribution in [2.24, 2.45) is 0 Å². The summed E-state index contributed by atoms with van der Waals surface area (Å²) < 4.78 is 6.81. The molecule has 4 heteroatoms. The van der Waals surface area contributed by atoms with Crippen LogP contribution in [-0.4, -0.2) is 11.5 Å². The molecule has 0 atom stereocenters. The van der Waals surface area contributed by atoms with Gasteiger partial charge >= 0.3 is 0 Å². The molecule has 1 heterocycles. The summed E-state index contributed by atoms with van der Waals surface area (Å²) in [5.41, 5.74) is 2.22. The van der Waals surface area contributed by atoms with Crippen molar-refractivity contribution < 1.29 is 4.74 Å². The summed E-state index contributed by atoms with van der Waals surface area (Å²) in [5.74, 6) is 0.695. The lowest BCUT2D eigenvalue weighted by Crippen LogP contribution is -2.15. The smallest absolute Gasteiger partial charge is 0.218 e. The van der Waals surface area contributed by atoms with Gasteiger partial charge in [-0.2, -0.15) is 0 Å². The standard InChI is InChI=1S/C16H19BrN2O/c1-2-8-18-10-14-9-15(17)11-19-16(14)20-12-13-6-4-3-5-7-13/h3-7,9,11,18H,2,8,10,12H2,1H3. The van der Waals surface area contributed by atoms with Gasteiger partial charge in [-0.25, -0.2) is 4.98 Å². The Labute approximate surface area is 128 Å². The molecule has 0 aliphatic carbocycles. The summed E-state index contributed by atoms with van der Waals surface area (Å²) in [5, 5.41) is 3.38. The number of ether oxygens (including phenoxy) is 1. The summed E-state index contributed by atoms with van der Waals surface area (Å²) in [6.45, 7) is 4.45. The molecule has 0 amide bonds. The number of aromatic nitrogens is 1. The van der Waals surface area contributed by atoms with Crippen LogP contribution in [0.2, 0.25) is 0 Å². The summed E-state index contributed by atoms with van der Waals surface area (Å²) in [6.07, 6.45) is 2.88. The van der Waals surface area contributed by atoms with Crippen molar-refractivity contribution in [1.29, 1.82) is 0 Å². The highest BCUT2D eigenvalue weighted by atomic mass is 79.9. The van der Waals surface area contributed by atoms with E-state index in [1.54, 1.807) is 6.20 Å². The van der Waals surface area contributed by atoms with Gasteiger partial charge in [0.05, 0.1) is 0 Å². The lowest BCUT2D eigenvalue weighted by molar-refractivity contribution is 0.289. The minimum atomic E-state index is 0.538. The van der Waals surface area contributed by atoms with Crippen LogP contribution < -0.4 is 10.1 Å². The molecule has 0 aliphatic heterocycles. The highest BCUT2D eigenvalue weighted by Gasteiger charge is 2.06. The molecule has 0 spiro atoms. The van der Waals surface area contributed by atoms with Crippen LogP contribution in [0, 0.1) is 0 Å². The Hall–Kier alpha value is -1.39. The maximum atomic E-state index is 5.84. The summed E-state index contributed by atoms with van der Waals surface area (Å²) in [4.78, 5) is 4.36. The van der Waals surface area contributed by atoms with Crippen LogP contribution in [0.5, 0.6) is 5.88 Å². The predicted octanol–water partition coefficient (Wildman–Crippen LogP) is 3.92. The third-order valence-corrected chi connectivity index (χ3v) is 3.29. The number of rotatable bonds is 7. The SMILES string of the molecule is CCCNCc1cc(Br)cnc1OCc1ccccc1. The molecular weight excluding hydrogens is 316 g/mol. The lowest BCUT2D eigenvalue weighted by atomic mass is 10.2. The summed E-state index contributed by atoms with van der Waals surface area (Å²) in [6, 6.07) is 12.2. The molecule has 3 nitrogen and oxygen atoms in total. The van der Waals surface area contributed by atoms with E-state index in [2.05, 4.69) is 39.2 Å². The third kappa shape index (κ3) is 4.62. The van der Waals surface area contributed by atoms with E-state index in [4.69, 9.17) is 4.74 Å². The van der Waals surface area contributed by atoms with Gasteiger partial charge in [0.1, 0.15) is 6.61 Å². The first-order chi connectivity index (χ1) is 9.79. The van der Waals surface area contributed by atoms with Crippen LogP contribution in [-0.2, 0) is 13.2 Å². The van der Waals surface area contributed by atoms with E-state index in [9.17, 15) is 0 Å². The Balaban J connectivity index is 2.02. The quantitative estimate of drug-likeness (QED) is 0.779. The van der Waals surface area contributed by atoms with Crippen LogP contribution in [0.4, 0.5) is 0 Å². The molecule has 106 valence electrons. The van der Waals surface area contributed by atoms with Crippen LogP contribution in [0.1, 0.15) is 24.5 Å². The first-order valence-electron chi connectivity index (χ1n) is 6.81. The Kier molecular flexibility index (Phi) is 6.02. The Bertz CT molecular complexity index is 531. The Morgan fingerprint density at radius 3 is 2.80 bits per heavy atom. The number of nitrogens with one attached hydrogen (secondary N) is 1. The van der Waals surface area contributed by atoms with Crippen molar-refractivity contribution in [2.75, 3.05) is 6.54 Å². The average molecular weight is 335 g/mol. The molecule has 1 N–H and O–H groups in total. The fraction of sp³-hybridized carbons (Fsp3) is 0.312. The molecule has 0 unspecified atom stereocenters. The van der Waals surface area contributed by atoms with Gasteiger partial charge in [-0.3, -0.25) is 0 Å². The fourth-order valence-electron chi connectivity index (χ4n) is 1.85. The molecular formula is C16H19BrN2O. The van der Waals surface area contributed by atoms with Crippen molar-refractivity contribution in [3.8, 4) is 5.88 Å². The van der Waals surface area contributed by atoms with E-state index in [0.717, 1.165) is 35.1 Å². The van der Waals surface area contributed by atoms with E-state index in [-0.39, 0.29) is 0 Å². The zero-order valence-electron chi connectivity index (χ0n) is 11.6. The number of hydrogen-bond acceptors (Lipinski definition) is 3. The molecule has 0 saturated carbocycles. The van der Waals surface area contributed by atoms with Gasteiger partial charge in [0.2, 0.25) is 5.88 Å². The Morgan fingerprint density at radius 2 is 2.05 bits per heavy atom. The maximum Gasteiger partial charge on any atom is 0.218 e. The zero-order valence-corrected chi connectivity index (χ0v) is 13.2. The van der Waals surface area contributed by atoms with E-state index in [1.165, 1.54) is 0 Å². The van der Waals surface area contributed by atoms with Gasteiger partial charge in [0.25, 0.3) is 0 Å². The van der Waals surface area contributed by atoms with Gasteiger partial charge in [0.15, 0.2) is 0 Å². The van der Waals surface area contributed by atoms with Crippen molar-refractivity contribution in [3.05, 3.63) is 58.2 Å². The van der Waals surface area contributed by atoms with Crippen molar-refractivity contribution in [2.45, 2.75) is 26.5 Å². The molecule has 2 rings (SSSR count). The molecule has 20 heavy (non-hydrogen) atoms. The van der Waals surface area contributed by atoms with Crippen LogP contribution in [0.3, 0.4) is 0 Å². The Morgan fingerprint density at radius 1 is 1.25 bits per heavy atom. The highest BCUT2D eigenvalue weighted by Crippen LogP contribution is 2.21. The molecule has 2 aromatic rings. The largest absolute Gasteiger partial charge is 0.473 e. The van der Waals surface area contributed by atoms with Crippen molar-refractivity contribution in [3.63, 3.8) is 0 Å². The first-order valence-corrected chi connectivity index (χ1v) is 7.60. The molecule has 1 aromatic carbocycles. The van der Waals surface area contributed by atoms with Crippen LogP contribution in [0.15, 0.2) is 47.1 Å². The van der Waals surface area contributed by atoms with Crippen LogP contribution >= 0.6 is 15.9 Å². The molecule has 0 radical (unpaired) electrons. The number of hydrogen-bond donors (Lipinski definition) is 1. The summed E-state index contributed by atoms with van der Waals surface area (Å²) in [7, 11) is 0. The van der Waals surface area contributed by atoms with Gasteiger partial charge in [-0.05, 0) is 40.5 Å². The number of pyridine rings is 1. The minimum Gasteiger partial charge on any atom is -0.473 e. The summed E-state index contributed by atoms with van der Waals surface area (Å²) >= 11 is 3.46. The molecule has 0 aliphatic rings. The second-order valence-corrected chi connectivity index (χ2v) is 5.48. The molecule has 0 saturated heterocycles. The monoisotopic (exact) mass is 334 g/mol. The van der Waals surface area contributed by atoms with Gasteiger partial charge in [-0.1, -0.05) is 37.3 Å². The molecule has 0 bridgehead atoms. The lowest BCUT2D eigenvalue weighted by Gasteiger charge is -2.11. The van der Waals surface area contributed by atoms with Crippen LogP contribution in [0.25, 0.3) is 0 Å². The topological polar surface area (TPSA) is 34.2 Å². The predicted molar refractivity (Wildman–Crippen MR) is 84.7 cm³/mol. The van der Waals surface area contributed by atoms with E-state index >= 15 is 0 Å². The van der Waals surface area contributed by atoms with E-state index in [0.29, 0.717) is 12.5 Å². The number of halogens is 1. The van der Waals surface area contributed by atoms with Gasteiger partial charge in [-0.15, -0.1) is 0 Å². The number of nitrogens with zero attached hydrogens (tertiary/aromatic N) is 1. The normalized spacial score (nSPS) is 10.5. The second kappa shape index (κ2) is 8.02. The van der Waals surface area contributed by atoms with Gasteiger partial charge < -0.3 is 10.1 Å².